The minimum Gasteiger partial charge on any atom is -0.452 e. The summed E-state index contributed by atoms with van der Waals surface area (Å²) >= 11 is 0. The van der Waals surface area contributed by atoms with Crippen LogP contribution >= 0.6 is 0 Å². The van der Waals surface area contributed by atoms with Crippen molar-refractivity contribution in [1.29, 1.82) is 0 Å². The molecular weight excluding hydrogens is 418 g/mol. The summed E-state index contributed by atoms with van der Waals surface area (Å²) in [5.41, 5.74) is 4.22. The van der Waals surface area contributed by atoms with E-state index in [1.54, 1.807) is 10.7 Å². The lowest BCUT2D eigenvalue weighted by Gasteiger charge is -2.09. The molecule has 0 aliphatic heterocycles. The normalized spacial score (nSPS) is 10.5. The quantitative estimate of drug-likeness (QED) is 0.339. The van der Waals surface area contributed by atoms with E-state index in [0.29, 0.717) is 23.4 Å². The van der Waals surface area contributed by atoms with Crippen LogP contribution < -0.4 is 5.32 Å². The highest BCUT2D eigenvalue weighted by atomic mass is 16.5. The van der Waals surface area contributed by atoms with E-state index in [9.17, 15) is 14.4 Å². The zero-order chi connectivity index (χ0) is 23.2. The summed E-state index contributed by atoms with van der Waals surface area (Å²) in [6.45, 7) is 1.55. The number of aryl methyl sites for hydroxylation is 1. The van der Waals surface area contributed by atoms with Crippen LogP contribution in [0.4, 0.5) is 5.82 Å². The second kappa shape index (κ2) is 9.74. The van der Waals surface area contributed by atoms with Crippen molar-refractivity contribution in [2.45, 2.75) is 6.92 Å². The maximum atomic E-state index is 12.5. The minimum absolute atomic E-state index is 0.254. The first-order valence-electron chi connectivity index (χ1n) is 10.3. The van der Waals surface area contributed by atoms with Crippen molar-refractivity contribution < 1.29 is 19.1 Å². The Morgan fingerprint density at radius 3 is 2.33 bits per heavy atom. The molecule has 0 bridgehead atoms. The first-order valence-corrected chi connectivity index (χ1v) is 10.3. The number of esters is 1. The van der Waals surface area contributed by atoms with Crippen LogP contribution in [0.1, 0.15) is 26.3 Å². The van der Waals surface area contributed by atoms with Crippen LogP contribution in [0.25, 0.3) is 16.9 Å². The van der Waals surface area contributed by atoms with Gasteiger partial charge >= 0.3 is 5.97 Å². The van der Waals surface area contributed by atoms with Crippen molar-refractivity contribution in [2.24, 2.45) is 0 Å². The third-order valence-corrected chi connectivity index (χ3v) is 4.94. The van der Waals surface area contributed by atoms with Gasteiger partial charge in [-0.1, -0.05) is 60.2 Å². The highest BCUT2D eigenvalue weighted by molar-refractivity contribution is 5.95. The number of carbonyl (C=O) groups is 3. The zero-order valence-corrected chi connectivity index (χ0v) is 17.9. The lowest BCUT2D eigenvalue weighted by Crippen LogP contribution is -2.22. The molecule has 0 fully saturated rings. The first kappa shape index (κ1) is 21.7. The second-order valence-corrected chi connectivity index (χ2v) is 7.39. The third-order valence-electron chi connectivity index (χ3n) is 4.94. The summed E-state index contributed by atoms with van der Waals surface area (Å²) < 4.78 is 6.75. The van der Waals surface area contributed by atoms with E-state index in [1.807, 2.05) is 61.5 Å². The van der Waals surface area contributed by atoms with E-state index >= 15 is 0 Å². The molecule has 0 aliphatic rings. The molecule has 0 radical (unpaired) electrons. The van der Waals surface area contributed by atoms with Crippen molar-refractivity contribution in [3.8, 4) is 16.9 Å². The van der Waals surface area contributed by atoms with Crippen molar-refractivity contribution in [1.82, 2.24) is 9.78 Å². The fourth-order valence-corrected chi connectivity index (χ4v) is 3.19. The number of carbonyl (C=O) groups excluding carboxylic acids is 3. The highest BCUT2D eigenvalue weighted by Gasteiger charge is 2.16. The third kappa shape index (κ3) is 5.22. The molecular formula is C26H21N3O4. The standard InChI is InChI=1S/C26H21N3O4/c1-18-7-11-20(12-8-18)23-15-24(29(28-23)22-5-3-2-4-6-22)27-25(31)17-33-26(32)21-13-9-19(16-30)10-14-21/h2-16H,17H2,1H3,(H,27,31). The second-order valence-electron chi connectivity index (χ2n) is 7.39. The molecule has 1 N–H and O–H groups in total. The average Bonchev–Trinajstić information content (AvgIpc) is 3.27. The fourth-order valence-electron chi connectivity index (χ4n) is 3.19. The maximum Gasteiger partial charge on any atom is 0.338 e. The molecule has 7 heteroatoms. The molecule has 164 valence electrons. The fraction of sp³-hybridized carbons (Fsp3) is 0.0769. The maximum absolute atomic E-state index is 12.5. The van der Waals surface area contributed by atoms with E-state index in [2.05, 4.69) is 10.4 Å². The Morgan fingerprint density at radius 2 is 1.67 bits per heavy atom. The molecule has 4 aromatic rings. The molecule has 1 heterocycles. The number of aromatic nitrogens is 2. The zero-order valence-electron chi connectivity index (χ0n) is 17.9. The van der Waals surface area contributed by atoms with Gasteiger partial charge < -0.3 is 10.1 Å². The van der Waals surface area contributed by atoms with Gasteiger partial charge in [-0.15, -0.1) is 0 Å². The Morgan fingerprint density at radius 1 is 0.970 bits per heavy atom. The van der Waals surface area contributed by atoms with Crippen LogP contribution in [0.2, 0.25) is 0 Å². The number of rotatable bonds is 7. The van der Waals surface area contributed by atoms with Gasteiger partial charge in [0.25, 0.3) is 5.91 Å². The molecule has 0 spiro atoms. The number of anilines is 1. The van der Waals surface area contributed by atoms with E-state index in [0.717, 1.165) is 16.8 Å². The number of nitrogens with zero attached hydrogens (tertiary/aromatic N) is 2. The van der Waals surface area contributed by atoms with Crippen LogP contribution in [0.5, 0.6) is 0 Å². The molecule has 7 nitrogen and oxygen atoms in total. The smallest absolute Gasteiger partial charge is 0.338 e. The van der Waals surface area contributed by atoms with Crippen LogP contribution in [-0.2, 0) is 9.53 Å². The van der Waals surface area contributed by atoms with Gasteiger partial charge in [0, 0.05) is 17.2 Å². The van der Waals surface area contributed by atoms with E-state index in [4.69, 9.17) is 4.74 Å². The predicted octanol–water partition coefficient (Wildman–Crippen LogP) is 4.46. The van der Waals surface area contributed by atoms with Gasteiger partial charge in [-0.3, -0.25) is 9.59 Å². The molecule has 0 saturated carbocycles. The molecule has 1 aromatic heterocycles. The molecule has 33 heavy (non-hydrogen) atoms. The van der Waals surface area contributed by atoms with Gasteiger partial charge in [-0.2, -0.15) is 5.10 Å². The summed E-state index contributed by atoms with van der Waals surface area (Å²) in [7, 11) is 0. The Bertz CT molecular complexity index is 1280. The number of ether oxygens (including phenoxy) is 1. The Kier molecular flexibility index (Phi) is 6.40. The summed E-state index contributed by atoms with van der Waals surface area (Å²) in [4.78, 5) is 35.5. The molecule has 1 amide bonds. The van der Waals surface area contributed by atoms with E-state index in [-0.39, 0.29) is 5.56 Å². The van der Waals surface area contributed by atoms with Gasteiger partial charge in [-0.25, -0.2) is 9.48 Å². The molecule has 0 aliphatic carbocycles. The van der Waals surface area contributed by atoms with Crippen LogP contribution in [0.3, 0.4) is 0 Å². The summed E-state index contributed by atoms with van der Waals surface area (Å²) in [5.74, 6) is -0.701. The number of para-hydroxylation sites is 1. The summed E-state index contributed by atoms with van der Waals surface area (Å²) in [5, 5.41) is 7.43. The van der Waals surface area contributed by atoms with Crippen molar-refractivity contribution in [2.75, 3.05) is 11.9 Å². The SMILES string of the molecule is Cc1ccc(-c2cc(NC(=O)COC(=O)c3ccc(C=O)cc3)n(-c3ccccc3)n2)cc1. The molecule has 0 saturated heterocycles. The Labute approximate surface area is 190 Å². The largest absolute Gasteiger partial charge is 0.452 e. The number of nitrogens with one attached hydrogen (secondary N) is 1. The monoisotopic (exact) mass is 439 g/mol. The minimum atomic E-state index is -0.653. The van der Waals surface area contributed by atoms with Crippen molar-refractivity contribution in [3.63, 3.8) is 0 Å². The summed E-state index contributed by atoms with van der Waals surface area (Å²) in [6.07, 6.45) is 0.684. The molecule has 3 aromatic carbocycles. The number of hydrogen-bond donors (Lipinski definition) is 1. The van der Waals surface area contributed by atoms with Gasteiger partial charge in [0.05, 0.1) is 16.9 Å². The Hall–Kier alpha value is -4.52. The lowest BCUT2D eigenvalue weighted by molar-refractivity contribution is -0.119. The molecule has 0 atom stereocenters. The van der Waals surface area contributed by atoms with Gasteiger partial charge in [0.2, 0.25) is 0 Å². The van der Waals surface area contributed by atoms with Crippen LogP contribution in [-0.4, -0.2) is 34.6 Å². The highest BCUT2D eigenvalue weighted by Crippen LogP contribution is 2.25. The average molecular weight is 439 g/mol. The van der Waals surface area contributed by atoms with Gasteiger partial charge in [0.1, 0.15) is 12.1 Å². The summed E-state index contributed by atoms with van der Waals surface area (Å²) in [6, 6.07) is 25.1. The number of hydrogen-bond acceptors (Lipinski definition) is 5. The number of aldehydes is 1. The topological polar surface area (TPSA) is 90.3 Å². The van der Waals surface area contributed by atoms with E-state index < -0.39 is 18.5 Å². The van der Waals surface area contributed by atoms with Crippen LogP contribution in [0.15, 0.2) is 84.9 Å². The molecule has 0 unspecified atom stereocenters. The molecule has 4 rings (SSSR count). The first-order chi connectivity index (χ1) is 16.0. The van der Waals surface area contributed by atoms with Crippen LogP contribution in [0, 0.1) is 6.92 Å². The lowest BCUT2D eigenvalue weighted by atomic mass is 10.1. The van der Waals surface area contributed by atoms with Gasteiger partial charge in [0.15, 0.2) is 6.61 Å². The van der Waals surface area contributed by atoms with Crippen molar-refractivity contribution in [3.05, 3.63) is 102 Å². The van der Waals surface area contributed by atoms with E-state index in [1.165, 1.54) is 24.3 Å². The van der Waals surface area contributed by atoms with Crippen molar-refractivity contribution >= 4 is 24.0 Å². The number of amides is 1. The number of benzene rings is 3. The predicted molar refractivity (Wildman–Crippen MR) is 124 cm³/mol. The van der Waals surface area contributed by atoms with Gasteiger partial charge in [-0.05, 0) is 31.2 Å². The Balaban J connectivity index is 1.50.